The Kier molecular flexibility index (Phi) is 4.90. The molecule has 0 unspecified atom stereocenters. The Hall–Kier alpha value is -0.930. The van der Waals surface area contributed by atoms with Gasteiger partial charge in [0.25, 0.3) is 0 Å². The molecule has 1 aromatic rings. The van der Waals surface area contributed by atoms with Crippen molar-refractivity contribution in [2.45, 2.75) is 32.2 Å². The van der Waals surface area contributed by atoms with Crippen molar-refractivity contribution in [1.82, 2.24) is 9.88 Å². The van der Waals surface area contributed by atoms with Gasteiger partial charge < -0.3 is 10.0 Å². The molecular formula is C13H22N2O. The van der Waals surface area contributed by atoms with Crippen molar-refractivity contribution in [2.24, 2.45) is 0 Å². The van der Waals surface area contributed by atoms with Gasteiger partial charge in [0.2, 0.25) is 0 Å². The molecule has 0 saturated heterocycles. The van der Waals surface area contributed by atoms with Crippen LogP contribution in [0.5, 0.6) is 0 Å². The van der Waals surface area contributed by atoms with Crippen LogP contribution >= 0.6 is 0 Å². The van der Waals surface area contributed by atoms with Crippen molar-refractivity contribution in [3.63, 3.8) is 0 Å². The SMILES string of the molecule is CN(CCc1cccnc1)C(C)(C)CCO. The van der Waals surface area contributed by atoms with Crippen LogP contribution in [-0.4, -0.2) is 40.7 Å². The third-order valence-electron chi connectivity index (χ3n) is 3.22. The second-order valence-corrected chi connectivity index (χ2v) is 4.82. The van der Waals surface area contributed by atoms with Crippen molar-refractivity contribution < 1.29 is 5.11 Å². The predicted molar refractivity (Wildman–Crippen MR) is 66.4 cm³/mol. The van der Waals surface area contributed by atoms with E-state index >= 15 is 0 Å². The second kappa shape index (κ2) is 5.97. The Morgan fingerprint density at radius 2 is 2.19 bits per heavy atom. The summed E-state index contributed by atoms with van der Waals surface area (Å²) >= 11 is 0. The lowest BCUT2D eigenvalue weighted by molar-refractivity contribution is 0.117. The average Bonchev–Trinajstić information content (AvgIpc) is 2.27. The topological polar surface area (TPSA) is 36.4 Å². The first-order valence-electron chi connectivity index (χ1n) is 5.77. The Labute approximate surface area is 98.1 Å². The Bertz CT molecular complexity index is 298. The molecule has 3 heteroatoms. The Balaban J connectivity index is 2.43. The molecule has 0 atom stereocenters. The molecule has 3 nitrogen and oxygen atoms in total. The number of aliphatic hydroxyl groups is 1. The summed E-state index contributed by atoms with van der Waals surface area (Å²) in [5.41, 5.74) is 1.31. The van der Waals surface area contributed by atoms with Gasteiger partial charge in [0.05, 0.1) is 0 Å². The van der Waals surface area contributed by atoms with Crippen LogP contribution in [0.3, 0.4) is 0 Å². The summed E-state index contributed by atoms with van der Waals surface area (Å²) in [6, 6.07) is 4.06. The zero-order valence-corrected chi connectivity index (χ0v) is 10.5. The van der Waals surface area contributed by atoms with E-state index in [1.165, 1.54) is 5.56 Å². The van der Waals surface area contributed by atoms with Crippen LogP contribution in [0, 0.1) is 0 Å². The van der Waals surface area contributed by atoms with Crippen LogP contribution in [-0.2, 0) is 6.42 Å². The summed E-state index contributed by atoms with van der Waals surface area (Å²) in [6.07, 6.45) is 5.51. The molecule has 90 valence electrons. The van der Waals surface area contributed by atoms with Crippen molar-refractivity contribution >= 4 is 0 Å². The summed E-state index contributed by atoms with van der Waals surface area (Å²) in [7, 11) is 2.10. The number of nitrogens with zero attached hydrogens (tertiary/aromatic N) is 2. The number of rotatable bonds is 6. The van der Waals surface area contributed by atoms with Crippen LogP contribution in [0.4, 0.5) is 0 Å². The van der Waals surface area contributed by atoms with Gasteiger partial charge in [-0.05, 0) is 45.4 Å². The summed E-state index contributed by atoms with van der Waals surface area (Å²) in [4.78, 5) is 6.39. The summed E-state index contributed by atoms with van der Waals surface area (Å²) in [6.45, 7) is 5.54. The molecule has 0 aliphatic heterocycles. The van der Waals surface area contributed by atoms with Gasteiger partial charge >= 0.3 is 0 Å². The lowest BCUT2D eigenvalue weighted by Gasteiger charge is -2.35. The maximum absolute atomic E-state index is 9.00. The van der Waals surface area contributed by atoms with E-state index in [4.69, 9.17) is 5.11 Å². The van der Waals surface area contributed by atoms with E-state index in [9.17, 15) is 0 Å². The minimum atomic E-state index is 0.0525. The highest BCUT2D eigenvalue weighted by atomic mass is 16.3. The van der Waals surface area contributed by atoms with Gasteiger partial charge in [0.1, 0.15) is 0 Å². The van der Waals surface area contributed by atoms with Crippen molar-refractivity contribution in [3.05, 3.63) is 30.1 Å². The number of likely N-dealkylation sites (N-methyl/N-ethyl adjacent to an activating group) is 1. The molecule has 0 aliphatic rings. The van der Waals surface area contributed by atoms with Crippen LogP contribution in [0.15, 0.2) is 24.5 Å². The van der Waals surface area contributed by atoms with Gasteiger partial charge in [-0.3, -0.25) is 4.98 Å². The summed E-state index contributed by atoms with van der Waals surface area (Å²) in [5, 5.41) is 9.00. The monoisotopic (exact) mass is 222 g/mol. The Morgan fingerprint density at radius 3 is 2.75 bits per heavy atom. The van der Waals surface area contributed by atoms with E-state index in [1.807, 2.05) is 12.3 Å². The minimum Gasteiger partial charge on any atom is -0.396 e. The summed E-state index contributed by atoms with van der Waals surface area (Å²) in [5.74, 6) is 0. The highest BCUT2D eigenvalue weighted by molar-refractivity contribution is 5.08. The smallest absolute Gasteiger partial charge is 0.0448 e. The molecule has 16 heavy (non-hydrogen) atoms. The highest BCUT2D eigenvalue weighted by Gasteiger charge is 2.22. The second-order valence-electron chi connectivity index (χ2n) is 4.82. The average molecular weight is 222 g/mol. The zero-order chi connectivity index (χ0) is 12.0. The maximum Gasteiger partial charge on any atom is 0.0448 e. The van der Waals surface area contributed by atoms with Crippen molar-refractivity contribution in [3.8, 4) is 0 Å². The lowest BCUT2D eigenvalue weighted by atomic mass is 9.98. The normalized spacial score (nSPS) is 12.1. The van der Waals surface area contributed by atoms with Gasteiger partial charge in [0.15, 0.2) is 0 Å². The van der Waals surface area contributed by atoms with Gasteiger partial charge in [0, 0.05) is 31.1 Å². The van der Waals surface area contributed by atoms with Gasteiger partial charge in [-0.25, -0.2) is 0 Å². The lowest BCUT2D eigenvalue weighted by Crippen LogP contribution is -2.42. The first-order chi connectivity index (χ1) is 7.56. The molecule has 0 fully saturated rings. The Morgan fingerprint density at radius 1 is 1.44 bits per heavy atom. The standard InChI is InChI=1S/C13H22N2O/c1-13(2,7-10-16)15(3)9-6-12-5-4-8-14-11-12/h4-5,8,11,16H,6-7,9-10H2,1-3H3. The first kappa shape index (κ1) is 13.1. The fourth-order valence-electron chi connectivity index (χ4n) is 1.61. The fourth-order valence-corrected chi connectivity index (χ4v) is 1.61. The number of pyridine rings is 1. The van der Waals surface area contributed by atoms with Gasteiger partial charge in [-0.2, -0.15) is 0 Å². The van der Waals surface area contributed by atoms with Gasteiger partial charge in [-0.1, -0.05) is 6.07 Å². The number of aromatic nitrogens is 1. The molecule has 1 aromatic heterocycles. The molecular weight excluding hydrogens is 200 g/mol. The van der Waals surface area contributed by atoms with E-state index < -0.39 is 0 Å². The third kappa shape index (κ3) is 3.91. The van der Waals surface area contributed by atoms with Crippen LogP contribution < -0.4 is 0 Å². The van der Waals surface area contributed by atoms with E-state index in [0.717, 1.165) is 19.4 Å². The quantitative estimate of drug-likeness (QED) is 0.796. The summed E-state index contributed by atoms with van der Waals surface area (Å²) < 4.78 is 0. The van der Waals surface area contributed by atoms with Crippen LogP contribution in [0.2, 0.25) is 0 Å². The van der Waals surface area contributed by atoms with Gasteiger partial charge in [-0.15, -0.1) is 0 Å². The number of hydrogen-bond acceptors (Lipinski definition) is 3. The first-order valence-corrected chi connectivity index (χ1v) is 5.77. The van der Waals surface area contributed by atoms with E-state index in [2.05, 4.69) is 36.8 Å². The maximum atomic E-state index is 9.00. The fraction of sp³-hybridized carbons (Fsp3) is 0.615. The molecule has 0 bridgehead atoms. The molecule has 0 spiro atoms. The number of hydrogen-bond donors (Lipinski definition) is 1. The largest absolute Gasteiger partial charge is 0.396 e. The molecule has 0 aliphatic carbocycles. The molecule has 0 radical (unpaired) electrons. The highest BCUT2D eigenvalue weighted by Crippen LogP contribution is 2.16. The number of aliphatic hydroxyl groups excluding tert-OH is 1. The zero-order valence-electron chi connectivity index (χ0n) is 10.5. The van der Waals surface area contributed by atoms with E-state index in [1.54, 1.807) is 6.20 Å². The molecule has 0 aromatic carbocycles. The molecule has 0 amide bonds. The van der Waals surface area contributed by atoms with E-state index in [0.29, 0.717) is 0 Å². The predicted octanol–water partition coefficient (Wildman–Crippen LogP) is 1.72. The molecule has 1 rings (SSSR count). The third-order valence-corrected chi connectivity index (χ3v) is 3.22. The minimum absolute atomic E-state index is 0.0525. The van der Waals surface area contributed by atoms with E-state index in [-0.39, 0.29) is 12.1 Å². The molecule has 1 heterocycles. The van der Waals surface area contributed by atoms with Crippen molar-refractivity contribution in [2.75, 3.05) is 20.2 Å². The van der Waals surface area contributed by atoms with Crippen LogP contribution in [0.1, 0.15) is 25.8 Å². The van der Waals surface area contributed by atoms with Crippen molar-refractivity contribution in [1.29, 1.82) is 0 Å². The molecule has 1 N–H and O–H groups in total. The molecule has 0 saturated carbocycles. The van der Waals surface area contributed by atoms with Crippen LogP contribution in [0.25, 0.3) is 0 Å².